The highest BCUT2D eigenvalue weighted by Gasteiger charge is 2.34. The molecule has 1 saturated heterocycles. The van der Waals surface area contributed by atoms with Crippen LogP contribution in [0, 0.1) is 0 Å². The van der Waals surface area contributed by atoms with Gasteiger partial charge in [-0.15, -0.1) is 0 Å². The summed E-state index contributed by atoms with van der Waals surface area (Å²) in [5.41, 5.74) is 1.35. The number of hydrogen-bond acceptors (Lipinski definition) is 5. The number of primary sulfonamides is 1. The Morgan fingerprint density at radius 1 is 1.39 bits per heavy atom. The highest BCUT2D eigenvalue weighted by molar-refractivity contribution is 7.93. The van der Waals surface area contributed by atoms with Crippen LogP contribution in [0.4, 0.5) is 0 Å². The van der Waals surface area contributed by atoms with Crippen LogP contribution < -0.4 is 10.5 Å². The second-order valence-corrected chi connectivity index (χ2v) is 9.46. The summed E-state index contributed by atoms with van der Waals surface area (Å²) < 4.78 is 30.5. The summed E-state index contributed by atoms with van der Waals surface area (Å²) >= 11 is 0. The quantitative estimate of drug-likeness (QED) is 0.730. The minimum Gasteiger partial charge on any atom is -0.488 e. The fourth-order valence-electron chi connectivity index (χ4n) is 3.70. The summed E-state index contributed by atoms with van der Waals surface area (Å²) in [4.78, 5) is 2.20. The number of nitrogens with one attached hydrogen (secondary N) is 1. The van der Waals surface area contributed by atoms with Gasteiger partial charge in [0.15, 0.2) is 0 Å². The van der Waals surface area contributed by atoms with Gasteiger partial charge in [0.2, 0.25) is 10.0 Å². The maximum absolute atomic E-state index is 12.2. The molecule has 0 radical (unpaired) electrons. The first-order valence-electron chi connectivity index (χ1n) is 9.46. The van der Waals surface area contributed by atoms with Crippen LogP contribution in [0.1, 0.15) is 25.3 Å². The third kappa shape index (κ3) is 5.25. The maximum Gasteiger partial charge on any atom is 0.241 e. The number of hydrogen-bond donors (Lipinski definition) is 2. The van der Waals surface area contributed by atoms with E-state index in [1.54, 1.807) is 6.08 Å². The summed E-state index contributed by atoms with van der Waals surface area (Å²) in [6, 6.07) is 10.0. The maximum atomic E-state index is 12.2. The van der Waals surface area contributed by atoms with Gasteiger partial charge >= 0.3 is 0 Å². The number of likely N-dealkylation sites (tertiary alicyclic amines) is 1. The minimum absolute atomic E-state index is 0.0215. The van der Waals surface area contributed by atoms with E-state index in [9.17, 15) is 8.42 Å². The van der Waals surface area contributed by atoms with Crippen molar-refractivity contribution in [3.8, 4) is 0 Å². The normalized spacial score (nSPS) is 25.8. The average Bonchev–Trinajstić information content (AvgIpc) is 3.01. The van der Waals surface area contributed by atoms with Gasteiger partial charge in [-0.25, -0.2) is 13.6 Å². The van der Waals surface area contributed by atoms with Crippen LogP contribution in [0.15, 0.2) is 65.4 Å². The molecule has 0 amide bonds. The van der Waals surface area contributed by atoms with Crippen molar-refractivity contribution >= 4 is 10.0 Å². The zero-order valence-corrected chi connectivity index (χ0v) is 17.3. The Bertz CT molecular complexity index is 893. The third-order valence-corrected chi connectivity index (χ3v) is 6.01. The fourth-order valence-corrected chi connectivity index (χ4v) is 4.54. The Hall–Kier alpha value is -2.09. The van der Waals surface area contributed by atoms with Crippen LogP contribution in [-0.2, 0) is 21.2 Å². The van der Waals surface area contributed by atoms with E-state index >= 15 is 0 Å². The Morgan fingerprint density at radius 2 is 2.11 bits per heavy atom. The standard InChI is InChI=1S/C21H29N3O3S/c1-16(13-17-7-5-4-6-8-17)23-21(2)11-9-19(20(14-21)28(22,25)26)27-18-10-12-24(3)15-18/h4-9,14,18,23H,1,10-13,15H2,2-3H3,(H2,22,25,26). The van der Waals surface area contributed by atoms with Gasteiger partial charge in [-0.2, -0.15) is 0 Å². The number of sulfonamides is 1. The molecule has 2 atom stereocenters. The van der Waals surface area contributed by atoms with E-state index in [1.807, 2.05) is 50.4 Å². The summed E-state index contributed by atoms with van der Waals surface area (Å²) in [5, 5.41) is 8.87. The lowest BCUT2D eigenvalue weighted by Crippen LogP contribution is -2.42. The van der Waals surface area contributed by atoms with E-state index in [0.29, 0.717) is 18.6 Å². The molecule has 1 heterocycles. The molecule has 0 saturated carbocycles. The third-order valence-electron chi connectivity index (χ3n) is 5.07. The zero-order chi connectivity index (χ0) is 20.4. The van der Waals surface area contributed by atoms with E-state index in [-0.39, 0.29) is 11.0 Å². The smallest absolute Gasteiger partial charge is 0.241 e. The van der Waals surface area contributed by atoms with Crippen molar-refractivity contribution in [3.63, 3.8) is 0 Å². The number of likely N-dealkylation sites (N-methyl/N-ethyl adjacent to an activating group) is 1. The van der Waals surface area contributed by atoms with Gasteiger partial charge in [-0.05, 0) is 44.5 Å². The van der Waals surface area contributed by atoms with Gasteiger partial charge in [0.1, 0.15) is 16.8 Å². The highest BCUT2D eigenvalue weighted by Crippen LogP contribution is 2.32. The summed E-state index contributed by atoms with van der Waals surface area (Å²) in [7, 11) is -1.89. The Morgan fingerprint density at radius 3 is 2.71 bits per heavy atom. The van der Waals surface area contributed by atoms with Crippen molar-refractivity contribution < 1.29 is 13.2 Å². The molecule has 6 nitrogen and oxygen atoms in total. The predicted octanol–water partition coefficient (Wildman–Crippen LogP) is 2.27. The molecule has 1 fully saturated rings. The minimum atomic E-state index is -3.91. The summed E-state index contributed by atoms with van der Waals surface area (Å²) in [6.07, 6.45) is 5.57. The molecule has 152 valence electrons. The topological polar surface area (TPSA) is 84.7 Å². The fraction of sp³-hybridized carbons (Fsp3) is 0.429. The molecule has 1 aliphatic heterocycles. The van der Waals surface area contributed by atoms with Crippen LogP contribution in [0.2, 0.25) is 0 Å². The molecule has 1 aliphatic carbocycles. The molecule has 3 N–H and O–H groups in total. The Labute approximate surface area is 167 Å². The number of nitrogens with zero attached hydrogens (tertiary/aromatic N) is 1. The molecule has 7 heteroatoms. The van der Waals surface area contributed by atoms with E-state index in [2.05, 4.69) is 16.8 Å². The molecule has 2 unspecified atom stereocenters. The first-order chi connectivity index (χ1) is 13.1. The van der Waals surface area contributed by atoms with Gasteiger partial charge in [0, 0.05) is 25.2 Å². The van der Waals surface area contributed by atoms with Crippen LogP contribution in [0.5, 0.6) is 0 Å². The number of nitrogens with two attached hydrogens (primary N) is 1. The molecular formula is C21H29N3O3S. The Balaban J connectivity index is 1.74. The molecule has 0 bridgehead atoms. The molecule has 28 heavy (non-hydrogen) atoms. The summed E-state index contributed by atoms with van der Waals surface area (Å²) in [6.45, 7) is 7.76. The second kappa shape index (κ2) is 8.11. The lowest BCUT2D eigenvalue weighted by Gasteiger charge is -2.33. The van der Waals surface area contributed by atoms with Crippen LogP contribution in [-0.4, -0.2) is 45.1 Å². The number of rotatable bonds is 7. The molecular weight excluding hydrogens is 374 g/mol. The van der Waals surface area contributed by atoms with Crippen molar-refractivity contribution in [2.45, 2.75) is 37.8 Å². The van der Waals surface area contributed by atoms with Gasteiger partial charge in [-0.1, -0.05) is 36.9 Å². The van der Waals surface area contributed by atoms with Crippen LogP contribution in [0.25, 0.3) is 0 Å². The summed E-state index contributed by atoms with van der Waals surface area (Å²) in [5.74, 6) is 0.357. The lowest BCUT2D eigenvalue weighted by atomic mass is 9.92. The van der Waals surface area contributed by atoms with E-state index in [1.165, 1.54) is 0 Å². The van der Waals surface area contributed by atoms with E-state index < -0.39 is 15.6 Å². The van der Waals surface area contributed by atoms with Crippen molar-refractivity contribution in [1.29, 1.82) is 0 Å². The van der Waals surface area contributed by atoms with Crippen molar-refractivity contribution in [2.75, 3.05) is 20.1 Å². The largest absolute Gasteiger partial charge is 0.488 e. The first-order valence-corrected chi connectivity index (χ1v) is 11.0. The highest BCUT2D eigenvalue weighted by atomic mass is 32.2. The van der Waals surface area contributed by atoms with Crippen LogP contribution >= 0.6 is 0 Å². The molecule has 1 aromatic rings. The predicted molar refractivity (Wildman–Crippen MR) is 112 cm³/mol. The molecule has 0 aromatic heterocycles. The van der Waals surface area contributed by atoms with Gasteiger partial charge < -0.3 is 15.0 Å². The lowest BCUT2D eigenvalue weighted by molar-refractivity contribution is 0.129. The molecule has 2 aliphatic rings. The van der Waals surface area contributed by atoms with Crippen molar-refractivity contribution in [2.24, 2.45) is 5.14 Å². The van der Waals surface area contributed by atoms with Crippen molar-refractivity contribution in [1.82, 2.24) is 10.2 Å². The number of ether oxygens (including phenoxy) is 1. The van der Waals surface area contributed by atoms with E-state index in [4.69, 9.17) is 9.88 Å². The van der Waals surface area contributed by atoms with Crippen molar-refractivity contribution in [3.05, 3.63) is 71.0 Å². The monoisotopic (exact) mass is 403 g/mol. The SMILES string of the molecule is C=C(Cc1ccccc1)NC1(C)C=C(S(N)(=O)=O)C(OC2CCN(C)C2)=CC1. The molecule has 1 aromatic carbocycles. The first kappa shape index (κ1) is 20.6. The average molecular weight is 404 g/mol. The zero-order valence-electron chi connectivity index (χ0n) is 16.5. The van der Waals surface area contributed by atoms with Gasteiger partial charge in [0.25, 0.3) is 0 Å². The second-order valence-electron chi connectivity index (χ2n) is 7.93. The molecule has 3 rings (SSSR count). The molecule has 0 spiro atoms. The van der Waals surface area contributed by atoms with Gasteiger partial charge in [0.05, 0.1) is 5.54 Å². The van der Waals surface area contributed by atoms with Gasteiger partial charge in [-0.3, -0.25) is 0 Å². The van der Waals surface area contributed by atoms with E-state index in [0.717, 1.165) is 30.8 Å². The van der Waals surface area contributed by atoms with Crippen LogP contribution in [0.3, 0.4) is 0 Å². The Kier molecular flexibility index (Phi) is 5.98. The number of allylic oxidation sites excluding steroid dienone is 1. The number of benzene rings is 1.